The second kappa shape index (κ2) is 8.87. The van der Waals surface area contributed by atoms with Crippen molar-refractivity contribution in [1.29, 1.82) is 0 Å². The molecule has 1 aliphatic carbocycles. The van der Waals surface area contributed by atoms with E-state index in [1.54, 1.807) is 6.07 Å². The van der Waals surface area contributed by atoms with Crippen LogP contribution >= 0.6 is 17.0 Å². The summed E-state index contributed by atoms with van der Waals surface area (Å²) in [4.78, 5) is 0. The summed E-state index contributed by atoms with van der Waals surface area (Å²) in [5.74, 6) is 0.0932. The zero-order valence-electron chi connectivity index (χ0n) is 16.8. The third-order valence-corrected chi connectivity index (χ3v) is 10.7. The van der Waals surface area contributed by atoms with E-state index in [2.05, 4.69) is 0 Å². The zero-order chi connectivity index (χ0) is 23.3. The molecule has 0 saturated heterocycles. The molecular weight excluding hydrogens is 540 g/mol. The average molecular weight is 560 g/mol. The fourth-order valence-corrected chi connectivity index (χ4v) is 9.72. The molecule has 0 fully saturated rings. The van der Waals surface area contributed by atoms with Crippen molar-refractivity contribution in [3.63, 3.8) is 0 Å². The van der Waals surface area contributed by atoms with Gasteiger partial charge in [-0.25, -0.2) is 0 Å². The Hall–Kier alpha value is -0.777. The predicted molar refractivity (Wildman–Crippen MR) is 109 cm³/mol. The molecule has 0 nitrogen and oxygen atoms in total. The normalized spacial score (nSPS) is 16.5. The molecule has 0 amide bonds. The Bertz CT molecular complexity index is 990. The van der Waals surface area contributed by atoms with Crippen LogP contribution in [0.4, 0.5) is 26.3 Å². The Kier molecular flexibility index (Phi) is 7.11. The maximum absolute atomic E-state index is 13.4. The minimum atomic E-state index is -4.91. The van der Waals surface area contributed by atoms with E-state index in [0.717, 1.165) is 23.3 Å². The molecule has 31 heavy (non-hydrogen) atoms. The van der Waals surface area contributed by atoms with Crippen molar-refractivity contribution >= 4 is 23.1 Å². The fourth-order valence-electron chi connectivity index (χ4n) is 4.00. The molecule has 0 spiro atoms. The molecule has 0 radical (unpaired) electrons. The number of benzene rings is 2. The molecule has 1 atom stereocenters. The van der Waals surface area contributed by atoms with Crippen molar-refractivity contribution in [1.82, 2.24) is 0 Å². The summed E-state index contributed by atoms with van der Waals surface area (Å²) in [7, 11) is 12.8. The molecule has 167 valence electrons. The molecule has 9 heteroatoms. The first kappa shape index (κ1) is 24.9. The van der Waals surface area contributed by atoms with Gasteiger partial charge >= 0.3 is 193 Å². The van der Waals surface area contributed by atoms with E-state index in [9.17, 15) is 26.3 Å². The van der Waals surface area contributed by atoms with Gasteiger partial charge in [-0.2, -0.15) is 0 Å². The molecule has 0 saturated carbocycles. The Morgan fingerprint density at radius 2 is 1.48 bits per heavy atom. The third kappa shape index (κ3) is 4.94. The number of alkyl halides is 6. The van der Waals surface area contributed by atoms with E-state index in [4.69, 9.17) is 17.0 Å². The molecule has 0 bridgehead atoms. The van der Waals surface area contributed by atoms with Crippen LogP contribution in [0.1, 0.15) is 52.2 Å². The standard InChI is InChI=1S/C22H19F6.2ClH.Zr/c1-4-13-5-6-14-7-15(12(2)3)10-19(14)20(13)16-8-17(21(23,24)25)11-18(9-16)22(26,27)28;;;/h5-12H,4H2,1-3H3;2*1H;/q;;;+2/p-2. The molecule has 0 aliphatic heterocycles. The summed E-state index contributed by atoms with van der Waals surface area (Å²) in [6.45, 7) is 5.75. The first-order chi connectivity index (χ1) is 14.3. The molecule has 1 aliphatic rings. The van der Waals surface area contributed by atoms with Crippen molar-refractivity contribution in [2.75, 3.05) is 0 Å². The topological polar surface area (TPSA) is 0 Å². The third-order valence-electron chi connectivity index (χ3n) is 5.46. The molecular formula is C22H19Cl2F6Zr. The van der Waals surface area contributed by atoms with Crippen LogP contribution in [0.15, 0.2) is 35.9 Å². The van der Waals surface area contributed by atoms with Crippen LogP contribution in [-0.4, -0.2) is 0 Å². The quantitative estimate of drug-likeness (QED) is 0.328. The maximum atomic E-state index is 13.4. The van der Waals surface area contributed by atoms with Crippen molar-refractivity contribution < 1.29 is 45.7 Å². The van der Waals surface area contributed by atoms with Crippen LogP contribution in [0.3, 0.4) is 0 Å². The van der Waals surface area contributed by atoms with Gasteiger partial charge < -0.3 is 0 Å². The summed E-state index contributed by atoms with van der Waals surface area (Å²) < 4.78 is 80.4. The molecule has 0 N–H and O–H groups in total. The number of allylic oxidation sites excluding steroid dienone is 1. The van der Waals surface area contributed by atoms with Gasteiger partial charge in [0.2, 0.25) is 0 Å². The predicted octanol–water partition coefficient (Wildman–Crippen LogP) is 8.97. The van der Waals surface area contributed by atoms with E-state index >= 15 is 0 Å². The number of halogens is 8. The van der Waals surface area contributed by atoms with E-state index in [0.29, 0.717) is 23.1 Å². The van der Waals surface area contributed by atoms with Crippen LogP contribution in [-0.2, 0) is 38.1 Å². The van der Waals surface area contributed by atoms with Crippen LogP contribution in [0.25, 0.3) is 17.2 Å². The van der Waals surface area contributed by atoms with Crippen molar-refractivity contribution in [2.24, 2.45) is 5.92 Å². The molecule has 0 heterocycles. The van der Waals surface area contributed by atoms with Gasteiger partial charge in [-0.3, -0.25) is 0 Å². The van der Waals surface area contributed by atoms with E-state index < -0.39 is 42.8 Å². The molecule has 2 aromatic carbocycles. The van der Waals surface area contributed by atoms with Gasteiger partial charge in [-0.15, -0.1) is 0 Å². The molecule has 3 rings (SSSR count). The zero-order valence-corrected chi connectivity index (χ0v) is 20.8. The summed E-state index contributed by atoms with van der Waals surface area (Å²) in [5, 5.41) is 0. The van der Waals surface area contributed by atoms with Gasteiger partial charge in [0, 0.05) is 0 Å². The summed E-state index contributed by atoms with van der Waals surface area (Å²) in [6.07, 6.45) is -7.51. The van der Waals surface area contributed by atoms with Gasteiger partial charge in [-0.05, 0) is 0 Å². The van der Waals surface area contributed by atoms with Crippen LogP contribution in [0.2, 0.25) is 0 Å². The number of hydrogen-bond donors (Lipinski definition) is 0. The van der Waals surface area contributed by atoms with Gasteiger partial charge in [-0.1, -0.05) is 0 Å². The first-order valence-corrected chi connectivity index (χ1v) is 17.4. The summed E-state index contributed by atoms with van der Waals surface area (Å²) in [5.41, 5.74) is 0.685. The Morgan fingerprint density at radius 1 is 0.935 bits per heavy atom. The monoisotopic (exact) mass is 557 g/mol. The van der Waals surface area contributed by atoms with E-state index in [1.165, 1.54) is 0 Å². The van der Waals surface area contributed by atoms with Gasteiger partial charge in [0.1, 0.15) is 0 Å². The van der Waals surface area contributed by atoms with Gasteiger partial charge in [0.25, 0.3) is 0 Å². The van der Waals surface area contributed by atoms with Crippen LogP contribution in [0, 0.1) is 5.92 Å². The SMILES string of the molecule is CCc1ccc2c(c1-c1cc(C(F)(F)F)cc(C(F)(F)F)c1)C=C(C(C)C)[CH]2[Zr]([Cl])[Cl]. The second-order valence-corrected chi connectivity index (χ2v) is 16.6. The molecule has 2 aromatic rings. The Balaban J connectivity index is 2.37. The number of fused-ring (bicyclic) bond motifs is 1. The minimum absolute atomic E-state index is 0.0932. The Morgan fingerprint density at radius 3 is 1.90 bits per heavy atom. The summed E-state index contributed by atoms with van der Waals surface area (Å²) in [6, 6.07) is 5.35. The van der Waals surface area contributed by atoms with Crippen molar-refractivity contribution in [3.05, 3.63) is 63.7 Å². The molecule has 0 aromatic heterocycles. The van der Waals surface area contributed by atoms with Crippen LogP contribution < -0.4 is 0 Å². The average Bonchev–Trinajstić information content (AvgIpc) is 3.05. The molecule has 1 unspecified atom stereocenters. The Labute approximate surface area is 192 Å². The fraction of sp³-hybridized carbons (Fsp3) is 0.364. The number of rotatable bonds is 4. The number of hydrogen-bond acceptors (Lipinski definition) is 0. The first-order valence-electron chi connectivity index (χ1n) is 9.60. The van der Waals surface area contributed by atoms with Gasteiger partial charge in [0.15, 0.2) is 0 Å². The van der Waals surface area contributed by atoms with E-state index in [1.807, 2.05) is 32.9 Å². The summed E-state index contributed by atoms with van der Waals surface area (Å²) >= 11 is -2.88. The van der Waals surface area contributed by atoms with Gasteiger partial charge in [0.05, 0.1) is 0 Å². The van der Waals surface area contributed by atoms with E-state index in [-0.39, 0.29) is 21.2 Å². The number of aryl methyl sites for hydroxylation is 1. The van der Waals surface area contributed by atoms with Crippen LogP contribution in [0.5, 0.6) is 0 Å². The van der Waals surface area contributed by atoms with Crippen molar-refractivity contribution in [2.45, 2.75) is 43.2 Å². The van der Waals surface area contributed by atoms with Crippen molar-refractivity contribution in [3.8, 4) is 11.1 Å². The second-order valence-electron chi connectivity index (χ2n) is 7.77.